The van der Waals surface area contributed by atoms with Gasteiger partial charge in [-0.2, -0.15) is 0 Å². The Balaban J connectivity index is 2.43. The molecule has 0 aromatic carbocycles. The molecule has 2 N–H and O–H groups in total. The predicted octanol–water partition coefficient (Wildman–Crippen LogP) is 0.463. The summed E-state index contributed by atoms with van der Waals surface area (Å²) in [5.41, 5.74) is 0. The molecule has 1 rings (SSSR count). The lowest BCUT2D eigenvalue weighted by Crippen LogP contribution is -2.44. The van der Waals surface area contributed by atoms with Crippen molar-refractivity contribution in [3.8, 4) is 0 Å². The fourth-order valence-electron chi connectivity index (χ4n) is 2.39. The summed E-state index contributed by atoms with van der Waals surface area (Å²) in [4.78, 5) is 14.0. The summed E-state index contributed by atoms with van der Waals surface area (Å²) < 4.78 is 0. The molecule has 1 aliphatic heterocycles. The van der Waals surface area contributed by atoms with Gasteiger partial charge >= 0.3 is 0 Å². The summed E-state index contributed by atoms with van der Waals surface area (Å²) >= 11 is 0. The minimum Gasteiger partial charge on any atom is -0.396 e. The molecule has 1 aliphatic rings. The summed E-state index contributed by atoms with van der Waals surface area (Å²) in [5, 5.41) is 12.0. The van der Waals surface area contributed by atoms with E-state index in [0.717, 1.165) is 38.9 Å². The van der Waals surface area contributed by atoms with Crippen LogP contribution in [0, 0.1) is 11.8 Å². The van der Waals surface area contributed by atoms with Gasteiger partial charge in [-0.15, -0.1) is 0 Å². The largest absolute Gasteiger partial charge is 0.396 e. The molecule has 4 nitrogen and oxygen atoms in total. The number of aliphatic hydroxyl groups excluding tert-OH is 1. The van der Waals surface area contributed by atoms with Crippen LogP contribution in [-0.4, -0.2) is 49.2 Å². The topological polar surface area (TPSA) is 52.6 Å². The van der Waals surface area contributed by atoms with E-state index in [1.165, 1.54) is 0 Å². The highest BCUT2D eigenvalue weighted by molar-refractivity contribution is 5.78. The minimum atomic E-state index is 0.0536. The maximum atomic E-state index is 12.1. The molecule has 0 radical (unpaired) electrons. The monoisotopic (exact) mass is 228 g/mol. The van der Waals surface area contributed by atoms with Gasteiger partial charge in [0.25, 0.3) is 0 Å². The predicted molar refractivity (Wildman–Crippen MR) is 64.1 cm³/mol. The molecule has 0 bridgehead atoms. The summed E-state index contributed by atoms with van der Waals surface area (Å²) in [6.07, 6.45) is 3.04. The standard InChI is InChI=1S/C12H24N2O2/c1-10(8-13-2)12(16)14-6-3-4-11(9-14)5-7-15/h10-11,13,15H,3-9H2,1-2H3. The Labute approximate surface area is 98.0 Å². The second-order valence-corrected chi connectivity index (χ2v) is 4.76. The zero-order valence-corrected chi connectivity index (χ0v) is 10.4. The average molecular weight is 228 g/mol. The molecule has 2 atom stereocenters. The van der Waals surface area contributed by atoms with Crippen molar-refractivity contribution in [1.29, 1.82) is 0 Å². The lowest BCUT2D eigenvalue weighted by atomic mass is 9.94. The van der Waals surface area contributed by atoms with E-state index in [-0.39, 0.29) is 18.4 Å². The number of amides is 1. The van der Waals surface area contributed by atoms with Crippen molar-refractivity contribution >= 4 is 5.91 Å². The van der Waals surface area contributed by atoms with Crippen molar-refractivity contribution in [2.75, 3.05) is 33.3 Å². The fraction of sp³-hybridized carbons (Fsp3) is 0.917. The van der Waals surface area contributed by atoms with Gasteiger partial charge in [-0.25, -0.2) is 0 Å². The summed E-state index contributed by atoms with van der Waals surface area (Å²) in [6, 6.07) is 0. The average Bonchev–Trinajstić information content (AvgIpc) is 2.29. The highest BCUT2D eigenvalue weighted by atomic mass is 16.3. The second kappa shape index (κ2) is 6.86. The number of likely N-dealkylation sites (tertiary alicyclic amines) is 1. The molecule has 1 heterocycles. The van der Waals surface area contributed by atoms with Gasteiger partial charge in [-0.1, -0.05) is 6.92 Å². The molecule has 94 valence electrons. The molecule has 1 fully saturated rings. The van der Waals surface area contributed by atoms with Gasteiger partial charge in [0.05, 0.1) is 0 Å². The number of carbonyl (C=O) groups is 1. The number of hydrogen-bond donors (Lipinski definition) is 2. The van der Waals surface area contributed by atoms with Crippen LogP contribution in [0.15, 0.2) is 0 Å². The van der Waals surface area contributed by atoms with Crippen LogP contribution in [0.2, 0.25) is 0 Å². The van der Waals surface area contributed by atoms with Crippen molar-refractivity contribution in [2.45, 2.75) is 26.2 Å². The van der Waals surface area contributed by atoms with Gasteiger partial charge in [0.1, 0.15) is 0 Å². The van der Waals surface area contributed by atoms with Crippen LogP contribution in [0.5, 0.6) is 0 Å². The molecule has 16 heavy (non-hydrogen) atoms. The molecule has 0 saturated carbocycles. The van der Waals surface area contributed by atoms with Crippen molar-refractivity contribution in [2.24, 2.45) is 11.8 Å². The van der Waals surface area contributed by atoms with E-state index in [4.69, 9.17) is 5.11 Å². The maximum absolute atomic E-state index is 12.1. The van der Waals surface area contributed by atoms with E-state index in [9.17, 15) is 4.79 Å². The molecule has 4 heteroatoms. The zero-order chi connectivity index (χ0) is 12.0. The normalized spacial score (nSPS) is 23.2. The zero-order valence-electron chi connectivity index (χ0n) is 10.4. The first kappa shape index (κ1) is 13.5. The van der Waals surface area contributed by atoms with Gasteiger partial charge < -0.3 is 15.3 Å². The van der Waals surface area contributed by atoms with Crippen LogP contribution < -0.4 is 5.32 Å². The molecular weight excluding hydrogens is 204 g/mol. The van der Waals surface area contributed by atoms with Crippen LogP contribution in [0.25, 0.3) is 0 Å². The molecule has 0 aromatic rings. The Morgan fingerprint density at radius 1 is 1.62 bits per heavy atom. The Morgan fingerprint density at radius 2 is 2.38 bits per heavy atom. The molecule has 0 aliphatic carbocycles. The van der Waals surface area contributed by atoms with Gasteiger partial charge in [-0.05, 0) is 32.2 Å². The lowest BCUT2D eigenvalue weighted by Gasteiger charge is -2.34. The Hall–Kier alpha value is -0.610. The van der Waals surface area contributed by atoms with Gasteiger partial charge in [0.2, 0.25) is 5.91 Å². The Morgan fingerprint density at radius 3 is 3.00 bits per heavy atom. The summed E-state index contributed by atoms with van der Waals surface area (Å²) in [6.45, 7) is 4.65. The summed E-state index contributed by atoms with van der Waals surface area (Å²) in [5.74, 6) is 0.791. The smallest absolute Gasteiger partial charge is 0.226 e. The first-order valence-electron chi connectivity index (χ1n) is 6.23. The molecule has 1 saturated heterocycles. The van der Waals surface area contributed by atoms with Crippen molar-refractivity contribution in [3.63, 3.8) is 0 Å². The van der Waals surface area contributed by atoms with Gasteiger partial charge in [0.15, 0.2) is 0 Å². The summed E-state index contributed by atoms with van der Waals surface area (Å²) in [7, 11) is 1.87. The van der Waals surface area contributed by atoms with Crippen molar-refractivity contribution < 1.29 is 9.90 Å². The van der Waals surface area contributed by atoms with Crippen LogP contribution in [0.4, 0.5) is 0 Å². The second-order valence-electron chi connectivity index (χ2n) is 4.76. The molecule has 2 unspecified atom stereocenters. The third kappa shape index (κ3) is 3.76. The van der Waals surface area contributed by atoms with Gasteiger partial charge in [0, 0.05) is 32.2 Å². The van der Waals surface area contributed by atoms with Crippen LogP contribution in [0.3, 0.4) is 0 Å². The quantitative estimate of drug-likeness (QED) is 0.719. The highest BCUT2D eigenvalue weighted by Gasteiger charge is 2.25. The van der Waals surface area contributed by atoms with E-state index in [1.807, 2.05) is 18.9 Å². The third-order valence-corrected chi connectivity index (χ3v) is 3.30. The Kier molecular flexibility index (Phi) is 5.77. The number of carbonyl (C=O) groups excluding carboxylic acids is 1. The van der Waals surface area contributed by atoms with Crippen LogP contribution in [0.1, 0.15) is 26.2 Å². The third-order valence-electron chi connectivity index (χ3n) is 3.30. The minimum absolute atomic E-state index is 0.0536. The maximum Gasteiger partial charge on any atom is 0.226 e. The van der Waals surface area contributed by atoms with Crippen molar-refractivity contribution in [1.82, 2.24) is 10.2 Å². The highest BCUT2D eigenvalue weighted by Crippen LogP contribution is 2.20. The number of nitrogens with zero attached hydrogens (tertiary/aromatic N) is 1. The molecular formula is C12H24N2O2. The van der Waals surface area contributed by atoms with Crippen molar-refractivity contribution in [3.05, 3.63) is 0 Å². The van der Waals surface area contributed by atoms with Gasteiger partial charge in [-0.3, -0.25) is 4.79 Å². The molecule has 0 spiro atoms. The number of piperidine rings is 1. The SMILES string of the molecule is CNCC(C)C(=O)N1CCCC(CCO)C1. The number of rotatable bonds is 5. The van der Waals surface area contributed by atoms with E-state index < -0.39 is 0 Å². The van der Waals surface area contributed by atoms with Crippen LogP contribution >= 0.6 is 0 Å². The van der Waals surface area contributed by atoms with E-state index in [1.54, 1.807) is 0 Å². The van der Waals surface area contributed by atoms with E-state index in [0.29, 0.717) is 5.92 Å². The van der Waals surface area contributed by atoms with Crippen LogP contribution in [-0.2, 0) is 4.79 Å². The fourth-order valence-corrected chi connectivity index (χ4v) is 2.39. The molecule has 0 aromatic heterocycles. The Bertz CT molecular complexity index is 219. The van der Waals surface area contributed by atoms with E-state index in [2.05, 4.69) is 5.32 Å². The lowest BCUT2D eigenvalue weighted by molar-refractivity contribution is -0.136. The van der Waals surface area contributed by atoms with E-state index >= 15 is 0 Å². The molecule has 1 amide bonds. The first-order valence-corrected chi connectivity index (χ1v) is 6.23. The number of nitrogens with one attached hydrogen (secondary N) is 1. The number of aliphatic hydroxyl groups is 1. The first-order chi connectivity index (χ1) is 7.69. The number of hydrogen-bond acceptors (Lipinski definition) is 3.